The summed E-state index contributed by atoms with van der Waals surface area (Å²) in [6.07, 6.45) is 2.33. The maximum Gasteiger partial charge on any atom is 0.232 e. The van der Waals surface area contributed by atoms with Crippen molar-refractivity contribution in [3.63, 3.8) is 0 Å². The molecule has 0 bridgehead atoms. The molecule has 6 heteroatoms. The van der Waals surface area contributed by atoms with Crippen LogP contribution < -0.4 is 11.1 Å². The molecular weight excluding hydrogens is 244 g/mol. The number of hydrogen-bond donors (Lipinski definition) is 2. The summed E-state index contributed by atoms with van der Waals surface area (Å²) < 4.78 is 10.9. The lowest BCUT2D eigenvalue weighted by Crippen LogP contribution is -2.47. The number of nitrogens with two attached hydrogens (primary N) is 1. The average Bonchev–Trinajstić information content (AvgIpc) is 2.14. The normalized spacial score (nSPS) is 15.2. The molecule has 16 heavy (non-hydrogen) atoms. The molecule has 0 aliphatic rings. The van der Waals surface area contributed by atoms with Gasteiger partial charge in [0, 0.05) is 28.9 Å². The quantitative estimate of drug-likeness (QED) is 0.688. The SMILES string of the molecule is CC(CCS(C)=O)NC(=O)C(C)(C)C(N)=S. The first kappa shape index (κ1) is 15.5. The van der Waals surface area contributed by atoms with Gasteiger partial charge in [0.2, 0.25) is 5.91 Å². The van der Waals surface area contributed by atoms with Crippen molar-refractivity contribution in [1.82, 2.24) is 5.32 Å². The van der Waals surface area contributed by atoms with Gasteiger partial charge in [-0.25, -0.2) is 0 Å². The second-order valence-corrected chi connectivity index (χ2v) is 6.42. The maximum atomic E-state index is 11.8. The minimum Gasteiger partial charge on any atom is -0.392 e. The van der Waals surface area contributed by atoms with Crippen LogP contribution in [0.1, 0.15) is 27.2 Å². The number of rotatable bonds is 6. The molecule has 4 nitrogen and oxygen atoms in total. The minimum absolute atomic E-state index is 0.0231. The second-order valence-electron chi connectivity index (χ2n) is 4.43. The van der Waals surface area contributed by atoms with Gasteiger partial charge in [0.1, 0.15) is 0 Å². The topological polar surface area (TPSA) is 72.2 Å². The number of amides is 1. The third kappa shape index (κ3) is 5.03. The van der Waals surface area contributed by atoms with E-state index in [0.717, 1.165) is 0 Å². The summed E-state index contributed by atoms with van der Waals surface area (Å²) in [5, 5.41) is 2.82. The van der Waals surface area contributed by atoms with E-state index >= 15 is 0 Å². The van der Waals surface area contributed by atoms with Crippen LogP contribution in [0.3, 0.4) is 0 Å². The molecule has 0 aromatic rings. The Labute approximate surface area is 105 Å². The Kier molecular flexibility index (Phi) is 6.10. The van der Waals surface area contributed by atoms with Gasteiger partial charge in [0.15, 0.2) is 0 Å². The monoisotopic (exact) mass is 264 g/mol. The van der Waals surface area contributed by atoms with Crippen LogP contribution >= 0.6 is 12.2 Å². The number of carbonyl (C=O) groups excluding carboxylic acids is 1. The smallest absolute Gasteiger partial charge is 0.232 e. The molecule has 2 unspecified atom stereocenters. The zero-order chi connectivity index (χ0) is 12.9. The fourth-order valence-corrected chi connectivity index (χ4v) is 1.71. The first-order valence-electron chi connectivity index (χ1n) is 5.08. The van der Waals surface area contributed by atoms with Gasteiger partial charge in [-0.2, -0.15) is 0 Å². The molecule has 3 N–H and O–H groups in total. The van der Waals surface area contributed by atoms with Crippen molar-refractivity contribution in [2.75, 3.05) is 12.0 Å². The standard InChI is InChI=1S/C10H20N2O2S2/c1-7(5-6-16(4)14)12-9(13)10(2,3)8(11)15/h7H,5-6H2,1-4H3,(H2,11,15)(H,12,13). The van der Waals surface area contributed by atoms with E-state index in [1.54, 1.807) is 20.1 Å². The van der Waals surface area contributed by atoms with Gasteiger partial charge < -0.3 is 11.1 Å². The van der Waals surface area contributed by atoms with E-state index in [1.165, 1.54) is 0 Å². The van der Waals surface area contributed by atoms with E-state index in [0.29, 0.717) is 12.2 Å². The van der Waals surface area contributed by atoms with Crippen LogP contribution in [0.4, 0.5) is 0 Å². The Morgan fingerprint density at radius 2 is 2.06 bits per heavy atom. The lowest BCUT2D eigenvalue weighted by molar-refractivity contribution is -0.126. The lowest BCUT2D eigenvalue weighted by atomic mass is 9.92. The molecule has 2 atom stereocenters. The molecule has 94 valence electrons. The van der Waals surface area contributed by atoms with Crippen molar-refractivity contribution < 1.29 is 9.00 Å². The summed E-state index contributed by atoms with van der Waals surface area (Å²) in [5.74, 6) is 0.393. The van der Waals surface area contributed by atoms with Crippen LogP contribution in [-0.2, 0) is 15.6 Å². The van der Waals surface area contributed by atoms with Crippen LogP contribution in [0, 0.1) is 5.41 Å². The molecule has 0 aromatic heterocycles. The number of thiocarbonyl (C=S) groups is 1. The summed E-state index contributed by atoms with van der Waals surface area (Å²) in [7, 11) is -0.833. The Balaban J connectivity index is 4.24. The third-order valence-electron chi connectivity index (χ3n) is 2.40. The highest BCUT2D eigenvalue weighted by Crippen LogP contribution is 2.15. The van der Waals surface area contributed by atoms with E-state index in [1.807, 2.05) is 6.92 Å². The van der Waals surface area contributed by atoms with Gasteiger partial charge in [0.25, 0.3) is 0 Å². The van der Waals surface area contributed by atoms with E-state index in [9.17, 15) is 9.00 Å². The van der Waals surface area contributed by atoms with Crippen molar-refractivity contribution >= 4 is 33.9 Å². The van der Waals surface area contributed by atoms with Crippen LogP contribution in [0.2, 0.25) is 0 Å². The van der Waals surface area contributed by atoms with Gasteiger partial charge in [-0.15, -0.1) is 0 Å². The first-order valence-corrected chi connectivity index (χ1v) is 7.22. The average molecular weight is 264 g/mol. The van der Waals surface area contributed by atoms with E-state index in [2.05, 4.69) is 5.32 Å². The highest BCUT2D eigenvalue weighted by atomic mass is 32.2. The Hall–Kier alpha value is -0.490. The summed E-state index contributed by atoms with van der Waals surface area (Å²) in [4.78, 5) is 12.0. The Bertz CT molecular complexity index is 303. The van der Waals surface area contributed by atoms with Crippen molar-refractivity contribution in [2.24, 2.45) is 11.1 Å². The first-order chi connectivity index (χ1) is 7.17. The summed E-state index contributed by atoms with van der Waals surface area (Å²) in [5.41, 5.74) is 4.65. The molecule has 0 saturated heterocycles. The molecule has 1 amide bonds. The molecule has 0 saturated carbocycles. The van der Waals surface area contributed by atoms with Gasteiger partial charge in [-0.05, 0) is 27.2 Å². The fraction of sp³-hybridized carbons (Fsp3) is 0.800. The molecule has 0 radical (unpaired) electrons. The number of nitrogens with one attached hydrogen (secondary N) is 1. The van der Waals surface area contributed by atoms with Crippen LogP contribution in [0.25, 0.3) is 0 Å². The lowest BCUT2D eigenvalue weighted by Gasteiger charge is -2.24. The predicted octanol–water partition coefficient (Wildman–Crippen LogP) is 0.572. The minimum atomic E-state index is -0.838. The van der Waals surface area contributed by atoms with E-state index in [4.69, 9.17) is 18.0 Å². The van der Waals surface area contributed by atoms with Gasteiger partial charge in [-0.3, -0.25) is 9.00 Å². The van der Waals surface area contributed by atoms with Crippen molar-refractivity contribution in [1.29, 1.82) is 0 Å². The second kappa shape index (κ2) is 6.30. The zero-order valence-electron chi connectivity index (χ0n) is 10.2. The highest BCUT2D eigenvalue weighted by Gasteiger charge is 2.31. The summed E-state index contributed by atoms with van der Waals surface area (Å²) in [6.45, 7) is 5.26. The molecule has 0 rings (SSSR count). The zero-order valence-corrected chi connectivity index (χ0v) is 11.8. The molecule has 0 spiro atoms. The fourth-order valence-electron chi connectivity index (χ4n) is 0.931. The van der Waals surface area contributed by atoms with E-state index < -0.39 is 16.2 Å². The largest absolute Gasteiger partial charge is 0.392 e. The molecule has 0 aliphatic carbocycles. The maximum absolute atomic E-state index is 11.8. The van der Waals surface area contributed by atoms with Crippen LogP contribution in [-0.4, -0.2) is 33.2 Å². The van der Waals surface area contributed by atoms with E-state index in [-0.39, 0.29) is 16.9 Å². The van der Waals surface area contributed by atoms with Crippen molar-refractivity contribution in [2.45, 2.75) is 33.2 Å². The van der Waals surface area contributed by atoms with Crippen molar-refractivity contribution in [3.05, 3.63) is 0 Å². The molecule has 0 aliphatic heterocycles. The predicted molar refractivity (Wildman–Crippen MR) is 71.7 cm³/mol. The molecule has 0 aromatic carbocycles. The van der Waals surface area contributed by atoms with Crippen LogP contribution in [0.15, 0.2) is 0 Å². The van der Waals surface area contributed by atoms with Crippen molar-refractivity contribution in [3.8, 4) is 0 Å². The van der Waals surface area contributed by atoms with Gasteiger partial charge >= 0.3 is 0 Å². The van der Waals surface area contributed by atoms with Crippen LogP contribution in [0.5, 0.6) is 0 Å². The molecule has 0 fully saturated rings. The Morgan fingerprint density at radius 1 is 1.56 bits per heavy atom. The summed E-state index contributed by atoms with van der Waals surface area (Å²) in [6, 6.07) is -0.0231. The molecule has 0 heterocycles. The molecular formula is C10H20N2O2S2. The number of hydrogen-bond acceptors (Lipinski definition) is 3. The van der Waals surface area contributed by atoms with Gasteiger partial charge in [-0.1, -0.05) is 12.2 Å². The number of carbonyl (C=O) groups is 1. The highest BCUT2D eigenvalue weighted by molar-refractivity contribution is 7.84. The Morgan fingerprint density at radius 3 is 2.44 bits per heavy atom. The third-order valence-corrected chi connectivity index (χ3v) is 3.72. The van der Waals surface area contributed by atoms with Gasteiger partial charge in [0.05, 0.1) is 10.4 Å². The summed E-state index contributed by atoms with van der Waals surface area (Å²) >= 11 is 4.84.